The number of nitrogens with two attached hydrogens (primary N) is 1. The maximum Gasteiger partial charge on any atom is 0.149 e. The van der Waals surface area contributed by atoms with Crippen LogP contribution < -0.4 is 11.1 Å². The molecule has 0 bridgehead atoms. The lowest BCUT2D eigenvalue weighted by atomic mass is 10.0. The molecule has 0 saturated carbocycles. The first kappa shape index (κ1) is 19.0. The van der Waals surface area contributed by atoms with Crippen molar-refractivity contribution in [2.75, 3.05) is 31.9 Å². The molecule has 1 fully saturated rings. The quantitative estimate of drug-likeness (QED) is 0.453. The van der Waals surface area contributed by atoms with E-state index in [1.54, 1.807) is 12.1 Å². The molecule has 0 unspecified atom stereocenters. The number of phenols is 1. The SMILES string of the molecule is C=C[C@H](c1ccc(F)c(N)c1O)N1CCNCC1.Cl.Cl. The minimum atomic E-state index is -0.598. The van der Waals surface area contributed by atoms with E-state index in [1.165, 1.54) is 6.07 Å². The van der Waals surface area contributed by atoms with E-state index in [-0.39, 0.29) is 42.3 Å². The van der Waals surface area contributed by atoms with Crippen LogP contribution in [-0.2, 0) is 0 Å². The van der Waals surface area contributed by atoms with Gasteiger partial charge in [-0.2, -0.15) is 0 Å². The van der Waals surface area contributed by atoms with Crippen LogP contribution in [0.5, 0.6) is 5.75 Å². The number of halogens is 3. The molecule has 4 nitrogen and oxygen atoms in total. The summed E-state index contributed by atoms with van der Waals surface area (Å²) in [5, 5.41) is 13.2. The van der Waals surface area contributed by atoms with Crippen molar-refractivity contribution in [1.82, 2.24) is 10.2 Å². The van der Waals surface area contributed by atoms with Crippen molar-refractivity contribution < 1.29 is 9.50 Å². The number of piperazine rings is 1. The lowest BCUT2D eigenvalue weighted by Crippen LogP contribution is -2.44. The van der Waals surface area contributed by atoms with E-state index in [1.807, 2.05) is 0 Å². The van der Waals surface area contributed by atoms with Crippen molar-refractivity contribution in [1.29, 1.82) is 0 Å². The van der Waals surface area contributed by atoms with Crippen LogP contribution in [-0.4, -0.2) is 36.2 Å². The molecule has 7 heteroatoms. The number of hydrogen-bond donors (Lipinski definition) is 3. The van der Waals surface area contributed by atoms with Crippen LogP contribution in [0.4, 0.5) is 10.1 Å². The minimum absolute atomic E-state index is 0. The highest BCUT2D eigenvalue weighted by Crippen LogP contribution is 2.35. The molecule has 1 atom stereocenters. The maximum absolute atomic E-state index is 13.2. The van der Waals surface area contributed by atoms with Crippen molar-refractivity contribution in [3.05, 3.63) is 36.2 Å². The maximum atomic E-state index is 13.2. The summed E-state index contributed by atoms with van der Waals surface area (Å²) in [5.41, 5.74) is 5.92. The summed E-state index contributed by atoms with van der Waals surface area (Å²) in [6.45, 7) is 7.29. The van der Waals surface area contributed by atoms with Crippen LogP contribution in [0.15, 0.2) is 24.8 Å². The molecule has 1 saturated heterocycles. The molecule has 0 aromatic heterocycles. The average molecular weight is 324 g/mol. The molecule has 4 N–H and O–H groups in total. The van der Waals surface area contributed by atoms with E-state index in [0.717, 1.165) is 26.2 Å². The van der Waals surface area contributed by atoms with Crippen molar-refractivity contribution in [3.63, 3.8) is 0 Å². The summed E-state index contributed by atoms with van der Waals surface area (Å²) in [6.07, 6.45) is 1.75. The Labute approximate surface area is 130 Å². The van der Waals surface area contributed by atoms with Gasteiger partial charge in [-0.05, 0) is 6.07 Å². The third-order valence-electron chi connectivity index (χ3n) is 3.28. The van der Waals surface area contributed by atoms with Gasteiger partial charge in [0.05, 0.1) is 6.04 Å². The van der Waals surface area contributed by atoms with E-state index >= 15 is 0 Å². The summed E-state index contributed by atoms with van der Waals surface area (Å²) >= 11 is 0. The number of nitrogens with one attached hydrogen (secondary N) is 1. The number of hydrogen-bond acceptors (Lipinski definition) is 4. The van der Waals surface area contributed by atoms with Gasteiger partial charge in [-0.25, -0.2) is 4.39 Å². The Balaban J connectivity index is 0.00000180. The molecule has 1 aliphatic heterocycles. The summed E-state index contributed by atoms with van der Waals surface area (Å²) in [4.78, 5) is 2.18. The zero-order valence-corrected chi connectivity index (χ0v) is 12.6. The van der Waals surface area contributed by atoms with E-state index in [0.29, 0.717) is 5.56 Å². The van der Waals surface area contributed by atoms with Crippen LogP contribution in [0.25, 0.3) is 0 Å². The van der Waals surface area contributed by atoms with Gasteiger partial charge >= 0.3 is 0 Å². The Bertz CT molecular complexity index is 453. The lowest BCUT2D eigenvalue weighted by molar-refractivity contribution is 0.201. The van der Waals surface area contributed by atoms with Gasteiger partial charge in [-0.3, -0.25) is 4.90 Å². The third-order valence-corrected chi connectivity index (χ3v) is 3.28. The summed E-state index contributed by atoms with van der Waals surface area (Å²) < 4.78 is 13.2. The molecular weight excluding hydrogens is 304 g/mol. The summed E-state index contributed by atoms with van der Waals surface area (Å²) in [5.74, 6) is -0.780. The van der Waals surface area contributed by atoms with Gasteiger partial charge in [0.2, 0.25) is 0 Å². The minimum Gasteiger partial charge on any atom is -0.505 e. The molecule has 20 heavy (non-hydrogen) atoms. The molecule has 0 aliphatic carbocycles. The van der Waals surface area contributed by atoms with Gasteiger partial charge in [0.1, 0.15) is 17.3 Å². The first-order valence-corrected chi connectivity index (χ1v) is 5.99. The van der Waals surface area contributed by atoms with Gasteiger partial charge in [-0.1, -0.05) is 12.1 Å². The fourth-order valence-electron chi connectivity index (χ4n) is 2.27. The fraction of sp³-hybridized carbons (Fsp3) is 0.385. The van der Waals surface area contributed by atoms with Gasteiger partial charge in [0, 0.05) is 31.7 Å². The number of aromatic hydroxyl groups is 1. The second kappa shape index (κ2) is 8.32. The van der Waals surface area contributed by atoms with Gasteiger partial charge < -0.3 is 16.2 Å². The molecule has 0 radical (unpaired) electrons. The molecule has 2 rings (SSSR count). The van der Waals surface area contributed by atoms with E-state index in [2.05, 4.69) is 16.8 Å². The highest BCUT2D eigenvalue weighted by molar-refractivity contribution is 5.85. The predicted molar refractivity (Wildman–Crippen MR) is 84.4 cm³/mol. The summed E-state index contributed by atoms with van der Waals surface area (Å²) in [7, 11) is 0. The van der Waals surface area contributed by atoms with Gasteiger partial charge in [0.15, 0.2) is 0 Å². The van der Waals surface area contributed by atoms with Gasteiger partial charge in [-0.15, -0.1) is 31.4 Å². The lowest BCUT2D eigenvalue weighted by Gasteiger charge is -2.33. The van der Waals surface area contributed by atoms with Crippen molar-refractivity contribution in [2.45, 2.75) is 6.04 Å². The molecule has 0 amide bonds. The van der Waals surface area contributed by atoms with Crippen LogP contribution in [0, 0.1) is 5.82 Å². The largest absolute Gasteiger partial charge is 0.505 e. The zero-order valence-electron chi connectivity index (χ0n) is 11.0. The molecule has 0 spiro atoms. The number of nitrogen functional groups attached to an aromatic ring is 1. The van der Waals surface area contributed by atoms with Crippen LogP contribution in [0.2, 0.25) is 0 Å². The second-order valence-electron chi connectivity index (χ2n) is 4.37. The van der Waals surface area contributed by atoms with Crippen LogP contribution >= 0.6 is 24.8 Å². The van der Waals surface area contributed by atoms with E-state index in [4.69, 9.17) is 5.73 Å². The predicted octanol–water partition coefficient (Wildman–Crippen LogP) is 2.09. The second-order valence-corrected chi connectivity index (χ2v) is 4.37. The average Bonchev–Trinajstić information content (AvgIpc) is 2.41. The Morgan fingerprint density at radius 2 is 1.95 bits per heavy atom. The Morgan fingerprint density at radius 3 is 2.50 bits per heavy atom. The van der Waals surface area contributed by atoms with E-state index < -0.39 is 5.82 Å². The van der Waals surface area contributed by atoms with Crippen molar-refractivity contribution in [2.24, 2.45) is 0 Å². The van der Waals surface area contributed by atoms with Crippen LogP contribution in [0.3, 0.4) is 0 Å². The monoisotopic (exact) mass is 323 g/mol. The molecule has 1 aromatic rings. The number of nitrogens with zero attached hydrogens (tertiary/aromatic N) is 1. The standard InChI is InChI=1S/C13H18FN3O.2ClH/c1-2-11(17-7-5-16-6-8-17)9-3-4-10(14)12(15)13(9)18;;/h2-4,11,16,18H,1,5-8,15H2;2*1H/t11-;;/m1../s1. The number of benzene rings is 1. The Kier molecular flexibility index (Phi) is 7.90. The van der Waals surface area contributed by atoms with E-state index in [9.17, 15) is 9.50 Å². The number of anilines is 1. The van der Waals surface area contributed by atoms with Gasteiger partial charge in [0.25, 0.3) is 0 Å². The normalized spacial score (nSPS) is 16.6. The topological polar surface area (TPSA) is 61.5 Å². The third kappa shape index (κ3) is 3.76. The number of rotatable bonds is 3. The first-order valence-electron chi connectivity index (χ1n) is 5.99. The molecule has 1 heterocycles. The highest BCUT2D eigenvalue weighted by atomic mass is 35.5. The fourth-order valence-corrected chi connectivity index (χ4v) is 2.27. The summed E-state index contributed by atoms with van der Waals surface area (Å²) in [6, 6.07) is 2.70. The number of phenolic OH excluding ortho intramolecular Hbond substituents is 1. The Hall–Kier alpha value is -1.01. The smallest absolute Gasteiger partial charge is 0.149 e. The molecular formula is C13H20Cl2FN3O. The van der Waals surface area contributed by atoms with Crippen molar-refractivity contribution in [3.8, 4) is 5.75 Å². The molecule has 1 aliphatic rings. The Morgan fingerprint density at radius 1 is 1.35 bits per heavy atom. The zero-order chi connectivity index (χ0) is 13.1. The first-order chi connectivity index (χ1) is 8.65. The molecule has 114 valence electrons. The highest BCUT2D eigenvalue weighted by Gasteiger charge is 2.23. The molecule has 1 aromatic carbocycles. The van der Waals surface area contributed by atoms with Crippen LogP contribution in [0.1, 0.15) is 11.6 Å². The van der Waals surface area contributed by atoms with Crippen molar-refractivity contribution >= 4 is 30.5 Å².